The van der Waals surface area contributed by atoms with Gasteiger partial charge in [0.05, 0.1) is 6.42 Å². The van der Waals surface area contributed by atoms with Gasteiger partial charge in [0, 0.05) is 6.54 Å². The van der Waals surface area contributed by atoms with Crippen molar-refractivity contribution in [1.29, 1.82) is 0 Å². The third-order valence-corrected chi connectivity index (χ3v) is 2.76. The smallest absolute Gasteiger partial charge is 0.231 e. The van der Waals surface area contributed by atoms with Crippen LogP contribution in [0, 0.1) is 0 Å². The van der Waals surface area contributed by atoms with Crippen LogP contribution >= 0.6 is 0 Å². The van der Waals surface area contributed by atoms with Crippen molar-refractivity contribution in [3.63, 3.8) is 0 Å². The zero-order valence-electron chi connectivity index (χ0n) is 8.21. The fourth-order valence-electron chi connectivity index (χ4n) is 2.00. The number of carbonyl (C=O) groups excluding carboxylic acids is 1. The van der Waals surface area contributed by atoms with E-state index in [-0.39, 0.29) is 12.7 Å². The average molecular weight is 205 g/mol. The van der Waals surface area contributed by atoms with Crippen molar-refractivity contribution in [2.45, 2.75) is 12.8 Å². The third kappa shape index (κ3) is 1.42. The Hall–Kier alpha value is -1.71. The van der Waals surface area contributed by atoms with E-state index < -0.39 is 0 Å². The van der Waals surface area contributed by atoms with Crippen molar-refractivity contribution < 1.29 is 14.3 Å². The molecule has 78 valence electrons. The number of amides is 1. The summed E-state index contributed by atoms with van der Waals surface area (Å²) in [4.78, 5) is 11.4. The maximum atomic E-state index is 11.4. The molecule has 1 aromatic rings. The number of nitrogens with one attached hydrogen (secondary N) is 1. The van der Waals surface area contributed by atoms with E-state index in [4.69, 9.17) is 9.47 Å². The van der Waals surface area contributed by atoms with Crippen LogP contribution in [0.2, 0.25) is 0 Å². The zero-order chi connectivity index (χ0) is 10.3. The van der Waals surface area contributed by atoms with Crippen LogP contribution in [-0.2, 0) is 17.6 Å². The molecule has 0 bridgehead atoms. The molecule has 0 aliphatic carbocycles. The lowest BCUT2D eigenvalue weighted by Crippen LogP contribution is -2.24. The molecule has 0 saturated carbocycles. The lowest BCUT2D eigenvalue weighted by atomic mass is 10.0. The van der Waals surface area contributed by atoms with E-state index in [2.05, 4.69) is 5.32 Å². The van der Waals surface area contributed by atoms with E-state index >= 15 is 0 Å². The monoisotopic (exact) mass is 205 g/mol. The van der Waals surface area contributed by atoms with Gasteiger partial charge in [0.15, 0.2) is 11.5 Å². The summed E-state index contributed by atoms with van der Waals surface area (Å²) >= 11 is 0. The molecule has 0 unspecified atom stereocenters. The molecular formula is C11H11NO3. The van der Waals surface area contributed by atoms with Crippen LogP contribution in [0.25, 0.3) is 0 Å². The Labute approximate surface area is 87.2 Å². The van der Waals surface area contributed by atoms with E-state index in [1.807, 2.05) is 12.1 Å². The summed E-state index contributed by atoms with van der Waals surface area (Å²) in [5.74, 6) is 1.62. The molecule has 0 atom stereocenters. The molecule has 2 aliphatic heterocycles. The number of hydrogen-bond acceptors (Lipinski definition) is 3. The van der Waals surface area contributed by atoms with Crippen molar-refractivity contribution in [3.8, 4) is 11.5 Å². The first-order valence-corrected chi connectivity index (χ1v) is 5.01. The van der Waals surface area contributed by atoms with Gasteiger partial charge in [0.1, 0.15) is 0 Å². The minimum Gasteiger partial charge on any atom is -0.454 e. The second kappa shape index (κ2) is 3.15. The van der Waals surface area contributed by atoms with Crippen LogP contribution in [0.1, 0.15) is 11.1 Å². The van der Waals surface area contributed by atoms with Gasteiger partial charge in [-0.15, -0.1) is 0 Å². The lowest BCUT2D eigenvalue weighted by Gasteiger charge is -2.05. The fraction of sp³-hybridized carbons (Fsp3) is 0.364. The Morgan fingerprint density at radius 1 is 1.13 bits per heavy atom. The normalized spacial score (nSPS) is 18.0. The molecule has 0 radical (unpaired) electrons. The van der Waals surface area contributed by atoms with Gasteiger partial charge in [-0.25, -0.2) is 0 Å². The topological polar surface area (TPSA) is 47.6 Å². The van der Waals surface area contributed by atoms with E-state index in [0.717, 1.165) is 23.5 Å². The van der Waals surface area contributed by atoms with Gasteiger partial charge in [-0.1, -0.05) is 0 Å². The fourth-order valence-corrected chi connectivity index (χ4v) is 2.00. The first kappa shape index (κ1) is 8.59. The van der Waals surface area contributed by atoms with E-state index in [1.54, 1.807) is 0 Å². The Morgan fingerprint density at radius 2 is 1.87 bits per heavy atom. The highest BCUT2D eigenvalue weighted by atomic mass is 16.7. The first-order valence-electron chi connectivity index (χ1n) is 5.01. The van der Waals surface area contributed by atoms with Crippen LogP contribution in [0.15, 0.2) is 12.1 Å². The summed E-state index contributed by atoms with van der Waals surface area (Å²) in [6, 6.07) is 3.90. The molecule has 2 heterocycles. The largest absolute Gasteiger partial charge is 0.454 e. The van der Waals surface area contributed by atoms with Crippen LogP contribution < -0.4 is 14.8 Å². The molecular weight excluding hydrogens is 194 g/mol. The zero-order valence-corrected chi connectivity index (χ0v) is 8.21. The van der Waals surface area contributed by atoms with Crippen LogP contribution in [0.3, 0.4) is 0 Å². The predicted octanol–water partition coefficient (Wildman–Crippen LogP) is 0.630. The third-order valence-electron chi connectivity index (χ3n) is 2.76. The molecule has 0 fully saturated rings. The second-order valence-electron chi connectivity index (χ2n) is 3.75. The van der Waals surface area contributed by atoms with Crippen LogP contribution in [-0.4, -0.2) is 19.2 Å². The van der Waals surface area contributed by atoms with Gasteiger partial charge in [-0.05, 0) is 29.7 Å². The maximum absolute atomic E-state index is 11.4. The van der Waals surface area contributed by atoms with Gasteiger partial charge < -0.3 is 14.8 Å². The van der Waals surface area contributed by atoms with Crippen molar-refractivity contribution in [2.75, 3.05) is 13.3 Å². The molecule has 4 nitrogen and oxygen atoms in total. The molecule has 0 spiro atoms. The standard InChI is InChI=1S/C11H11NO3/c13-11-5-8-4-10-9(14-6-15-10)3-7(8)1-2-12-11/h3-4H,1-2,5-6H2,(H,12,13). The molecule has 2 aliphatic rings. The Balaban J connectivity index is 2.07. The van der Waals surface area contributed by atoms with Gasteiger partial charge in [-0.2, -0.15) is 0 Å². The molecule has 1 aromatic carbocycles. The Morgan fingerprint density at radius 3 is 2.67 bits per heavy atom. The minimum absolute atomic E-state index is 0.0765. The molecule has 3 rings (SSSR count). The Kier molecular flexibility index (Phi) is 1.80. The minimum atomic E-state index is 0.0765. The Bertz CT molecular complexity index is 428. The van der Waals surface area contributed by atoms with Gasteiger partial charge in [0.25, 0.3) is 0 Å². The molecule has 4 heteroatoms. The summed E-state index contributed by atoms with van der Waals surface area (Å²) < 4.78 is 10.6. The van der Waals surface area contributed by atoms with Crippen LogP contribution in [0.5, 0.6) is 11.5 Å². The molecule has 15 heavy (non-hydrogen) atoms. The summed E-state index contributed by atoms with van der Waals surface area (Å²) in [6.07, 6.45) is 1.30. The quantitative estimate of drug-likeness (QED) is 0.675. The maximum Gasteiger partial charge on any atom is 0.231 e. The summed E-state index contributed by atoms with van der Waals surface area (Å²) in [6.45, 7) is 0.982. The number of rotatable bonds is 0. The number of benzene rings is 1. The summed E-state index contributed by atoms with van der Waals surface area (Å²) in [5.41, 5.74) is 2.23. The highest BCUT2D eigenvalue weighted by Gasteiger charge is 2.20. The van der Waals surface area contributed by atoms with Crippen molar-refractivity contribution in [1.82, 2.24) is 5.32 Å². The first-order chi connectivity index (χ1) is 7.33. The number of carbonyl (C=O) groups is 1. The van der Waals surface area contributed by atoms with E-state index in [1.165, 1.54) is 5.56 Å². The van der Waals surface area contributed by atoms with E-state index in [0.29, 0.717) is 13.0 Å². The van der Waals surface area contributed by atoms with Crippen molar-refractivity contribution in [2.24, 2.45) is 0 Å². The molecule has 1 N–H and O–H groups in total. The van der Waals surface area contributed by atoms with Gasteiger partial charge >= 0.3 is 0 Å². The SMILES string of the molecule is O=C1Cc2cc3c(cc2CCN1)OCO3. The van der Waals surface area contributed by atoms with Crippen molar-refractivity contribution in [3.05, 3.63) is 23.3 Å². The van der Waals surface area contributed by atoms with Gasteiger partial charge in [0.2, 0.25) is 12.7 Å². The average Bonchev–Trinajstić information content (AvgIpc) is 2.57. The highest BCUT2D eigenvalue weighted by molar-refractivity contribution is 5.80. The number of ether oxygens (including phenoxy) is 2. The summed E-state index contributed by atoms with van der Waals surface area (Å²) in [7, 11) is 0. The van der Waals surface area contributed by atoms with E-state index in [9.17, 15) is 4.79 Å². The van der Waals surface area contributed by atoms with Gasteiger partial charge in [-0.3, -0.25) is 4.79 Å². The molecule has 0 saturated heterocycles. The van der Waals surface area contributed by atoms with Crippen LogP contribution in [0.4, 0.5) is 0 Å². The highest BCUT2D eigenvalue weighted by Crippen LogP contribution is 2.35. The second-order valence-corrected chi connectivity index (χ2v) is 3.75. The lowest BCUT2D eigenvalue weighted by molar-refractivity contribution is -0.120. The number of fused-ring (bicyclic) bond motifs is 2. The summed E-state index contributed by atoms with van der Waals surface area (Å²) in [5, 5.41) is 2.85. The number of hydrogen-bond donors (Lipinski definition) is 1. The predicted molar refractivity (Wildman–Crippen MR) is 53.0 cm³/mol. The van der Waals surface area contributed by atoms with Crippen molar-refractivity contribution >= 4 is 5.91 Å². The molecule has 1 amide bonds. The molecule has 0 aromatic heterocycles.